The number of hydrogen-bond donors (Lipinski definition) is 2. The van der Waals surface area contributed by atoms with Crippen LogP contribution in [0.15, 0.2) is 41.2 Å². The van der Waals surface area contributed by atoms with E-state index in [0.717, 1.165) is 18.5 Å². The zero-order valence-electron chi connectivity index (χ0n) is 20.5. The predicted molar refractivity (Wildman–Crippen MR) is 135 cm³/mol. The molecule has 1 fully saturated rings. The molecule has 3 aromatic rings. The highest BCUT2D eigenvalue weighted by atomic mass is 16.2. The van der Waals surface area contributed by atoms with Crippen LogP contribution in [0.4, 0.5) is 0 Å². The molecule has 1 aliphatic heterocycles. The van der Waals surface area contributed by atoms with Crippen LogP contribution in [0.1, 0.15) is 65.2 Å². The van der Waals surface area contributed by atoms with Crippen LogP contribution >= 0.6 is 0 Å². The highest BCUT2D eigenvalue weighted by molar-refractivity contribution is 6.03. The highest BCUT2D eigenvalue weighted by Gasteiger charge is 2.28. The number of aromatic nitrogens is 2. The van der Waals surface area contributed by atoms with Crippen molar-refractivity contribution in [2.45, 2.75) is 58.5 Å². The van der Waals surface area contributed by atoms with Crippen molar-refractivity contribution >= 4 is 28.5 Å². The molecule has 1 aliphatic rings. The van der Waals surface area contributed by atoms with Gasteiger partial charge in [0.1, 0.15) is 11.7 Å². The Kier molecular flexibility index (Phi) is 7.19. The number of pyridine rings is 1. The van der Waals surface area contributed by atoms with Crippen LogP contribution in [-0.2, 0) is 31.2 Å². The zero-order valence-corrected chi connectivity index (χ0v) is 20.5. The molecule has 1 aromatic carbocycles. The highest BCUT2D eigenvalue weighted by Crippen LogP contribution is 2.25. The van der Waals surface area contributed by atoms with Gasteiger partial charge in [-0.1, -0.05) is 44.2 Å². The van der Waals surface area contributed by atoms with Gasteiger partial charge in [0, 0.05) is 24.8 Å². The maximum Gasteiger partial charge on any atom is 0.268 e. The van der Waals surface area contributed by atoms with Crippen molar-refractivity contribution in [1.29, 1.82) is 0 Å². The molecule has 4 rings (SSSR count). The van der Waals surface area contributed by atoms with Gasteiger partial charge in [-0.05, 0) is 43.7 Å². The summed E-state index contributed by atoms with van der Waals surface area (Å²) in [4.78, 5) is 52.4. The number of carbonyl (C=O) groups excluding carboxylic acids is 3. The lowest BCUT2D eigenvalue weighted by atomic mass is 10.1. The van der Waals surface area contributed by atoms with Gasteiger partial charge in [-0.3, -0.25) is 19.2 Å². The summed E-state index contributed by atoms with van der Waals surface area (Å²) in [5.74, 6) is -0.692. The summed E-state index contributed by atoms with van der Waals surface area (Å²) in [6, 6.07) is 10.2. The number of fused-ring (bicyclic) bond motifs is 1. The molecule has 0 saturated carbocycles. The average Bonchev–Trinajstić information content (AvgIpc) is 3.00. The van der Waals surface area contributed by atoms with Crippen molar-refractivity contribution in [2.24, 2.45) is 7.05 Å². The number of amides is 2. The second-order valence-electron chi connectivity index (χ2n) is 8.98. The number of nitrogens with one attached hydrogen (secondary N) is 2. The van der Waals surface area contributed by atoms with Crippen LogP contribution in [-0.4, -0.2) is 39.3 Å². The van der Waals surface area contributed by atoms with Crippen molar-refractivity contribution in [3.8, 4) is 0 Å². The lowest BCUT2D eigenvalue weighted by Gasteiger charge is -2.16. The number of hydrogen-bond acceptors (Lipinski definition) is 4. The number of rotatable bonds is 7. The molecule has 8 nitrogen and oxygen atoms in total. The van der Waals surface area contributed by atoms with Crippen molar-refractivity contribution < 1.29 is 14.4 Å². The fraction of sp³-hybridized carbons (Fsp3) is 0.407. The lowest BCUT2D eigenvalue weighted by Crippen LogP contribution is -2.46. The van der Waals surface area contributed by atoms with Crippen molar-refractivity contribution in [2.75, 3.05) is 6.54 Å². The van der Waals surface area contributed by atoms with E-state index >= 15 is 0 Å². The molecule has 1 atom stereocenters. The first-order valence-corrected chi connectivity index (χ1v) is 12.3. The van der Waals surface area contributed by atoms with Crippen LogP contribution in [0.2, 0.25) is 0 Å². The van der Waals surface area contributed by atoms with E-state index in [1.807, 2.05) is 26.0 Å². The summed E-state index contributed by atoms with van der Waals surface area (Å²) in [7, 11) is 1.77. The average molecular weight is 477 g/mol. The third kappa shape index (κ3) is 4.65. The van der Waals surface area contributed by atoms with E-state index in [9.17, 15) is 19.2 Å². The van der Waals surface area contributed by atoms with Gasteiger partial charge in [0.25, 0.3) is 11.5 Å². The van der Waals surface area contributed by atoms with Crippen molar-refractivity contribution in [3.63, 3.8) is 0 Å². The topological polar surface area (TPSA) is 102 Å². The van der Waals surface area contributed by atoms with Gasteiger partial charge in [0.2, 0.25) is 5.91 Å². The summed E-state index contributed by atoms with van der Waals surface area (Å²) in [5.41, 5.74) is 2.66. The van der Waals surface area contributed by atoms with Gasteiger partial charge >= 0.3 is 0 Å². The molecule has 184 valence electrons. The van der Waals surface area contributed by atoms with Gasteiger partial charge in [-0.15, -0.1) is 0 Å². The zero-order chi connectivity index (χ0) is 25.1. The van der Waals surface area contributed by atoms with E-state index < -0.39 is 6.04 Å². The molecule has 8 heteroatoms. The van der Waals surface area contributed by atoms with Gasteiger partial charge in [-0.25, -0.2) is 0 Å². The van der Waals surface area contributed by atoms with Gasteiger partial charge in [0.05, 0.1) is 17.4 Å². The molecular formula is C27H32N4O4. The Labute approximate surface area is 204 Å². The molecule has 1 unspecified atom stereocenters. The maximum absolute atomic E-state index is 13.7. The van der Waals surface area contributed by atoms with Crippen LogP contribution in [0, 0.1) is 0 Å². The minimum absolute atomic E-state index is 0.0657. The van der Waals surface area contributed by atoms with Gasteiger partial charge < -0.3 is 19.8 Å². The number of aryl methyl sites for hydroxylation is 3. The Balaban J connectivity index is 1.78. The van der Waals surface area contributed by atoms with E-state index in [0.29, 0.717) is 53.5 Å². The molecule has 2 N–H and O–H groups in total. The fourth-order valence-electron chi connectivity index (χ4n) is 4.93. The molecule has 0 spiro atoms. The van der Waals surface area contributed by atoms with Crippen LogP contribution < -0.4 is 16.2 Å². The number of benzene rings is 1. The normalized spacial score (nSPS) is 16.1. The number of carbonyl (C=O) groups is 3. The van der Waals surface area contributed by atoms with Crippen molar-refractivity contribution in [1.82, 2.24) is 19.8 Å². The summed E-state index contributed by atoms with van der Waals surface area (Å²) in [6.07, 6.45) is 3.33. The lowest BCUT2D eigenvalue weighted by molar-refractivity contribution is -0.122. The monoisotopic (exact) mass is 476 g/mol. The van der Waals surface area contributed by atoms with Gasteiger partial charge in [0.15, 0.2) is 5.78 Å². The molecule has 0 aliphatic carbocycles. The second-order valence-corrected chi connectivity index (χ2v) is 8.98. The first-order chi connectivity index (χ1) is 16.9. The molecule has 3 heterocycles. The molecule has 0 radical (unpaired) electrons. The maximum atomic E-state index is 13.7. The van der Waals surface area contributed by atoms with E-state index in [1.54, 1.807) is 35.9 Å². The first-order valence-electron chi connectivity index (χ1n) is 12.3. The third-order valence-corrected chi connectivity index (χ3v) is 6.82. The molecule has 2 amide bonds. The molecular weight excluding hydrogens is 444 g/mol. The Hall–Kier alpha value is -3.68. The minimum Gasteiger partial charge on any atom is -0.354 e. The summed E-state index contributed by atoms with van der Waals surface area (Å²) in [5, 5.41) is 6.17. The van der Waals surface area contributed by atoms with Crippen LogP contribution in [0.3, 0.4) is 0 Å². The Morgan fingerprint density at radius 2 is 1.83 bits per heavy atom. The molecule has 35 heavy (non-hydrogen) atoms. The summed E-state index contributed by atoms with van der Waals surface area (Å²) in [6.45, 7) is 4.38. The largest absolute Gasteiger partial charge is 0.354 e. The Morgan fingerprint density at radius 3 is 2.51 bits per heavy atom. The minimum atomic E-state index is -0.598. The van der Waals surface area contributed by atoms with E-state index in [2.05, 4.69) is 10.6 Å². The van der Waals surface area contributed by atoms with Gasteiger partial charge in [-0.2, -0.15) is 0 Å². The van der Waals surface area contributed by atoms with Crippen LogP contribution in [0.25, 0.3) is 10.9 Å². The quantitative estimate of drug-likeness (QED) is 0.512. The fourth-order valence-corrected chi connectivity index (χ4v) is 4.93. The Bertz CT molecular complexity index is 1340. The SMILES string of the molecule is CCc1c(C(=O)NC2CCCCNC2=O)n(C)c2cc(CC)n(CC(=O)c3ccccc3)c(=O)c12. The molecule has 2 aromatic heterocycles. The Morgan fingerprint density at radius 1 is 1.09 bits per heavy atom. The second kappa shape index (κ2) is 10.3. The number of ketones is 1. The smallest absolute Gasteiger partial charge is 0.268 e. The van der Waals surface area contributed by atoms with Crippen molar-refractivity contribution in [3.05, 3.63) is 69.3 Å². The van der Waals surface area contributed by atoms with Crippen LogP contribution in [0.5, 0.6) is 0 Å². The standard InChI is InChI=1S/C27H32N4O4/c1-4-18-15-21-23(27(35)31(18)16-22(32)17-11-7-6-8-12-17)19(5-2)24(30(21)3)26(34)29-20-13-9-10-14-28-25(20)33/h6-8,11-12,15,20H,4-5,9-10,13-14,16H2,1-3H3,(H,28,33)(H,29,34). The van der Waals surface area contributed by atoms with E-state index in [1.165, 1.54) is 4.57 Å². The van der Waals surface area contributed by atoms with E-state index in [4.69, 9.17) is 0 Å². The third-order valence-electron chi connectivity index (χ3n) is 6.82. The van der Waals surface area contributed by atoms with E-state index in [-0.39, 0.29) is 29.7 Å². The molecule has 1 saturated heterocycles. The number of nitrogens with zero attached hydrogens (tertiary/aromatic N) is 2. The predicted octanol–water partition coefficient (Wildman–Crippen LogP) is 2.75. The molecule has 0 bridgehead atoms. The number of Topliss-reactive ketones (excluding diaryl/α,β-unsaturated/α-hetero) is 1. The first kappa shape index (κ1) is 24.4. The summed E-state index contributed by atoms with van der Waals surface area (Å²) < 4.78 is 3.26. The summed E-state index contributed by atoms with van der Waals surface area (Å²) >= 11 is 0.